The zero-order valence-electron chi connectivity index (χ0n) is 19.3. The highest BCUT2D eigenvalue weighted by Crippen LogP contribution is 2.45. The van der Waals surface area contributed by atoms with Crippen molar-refractivity contribution in [3.8, 4) is 28.3 Å². The molecule has 7 nitrogen and oxygen atoms in total. The van der Waals surface area contributed by atoms with Crippen molar-refractivity contribution in [3.63, 3.8) is 0 Å². The Morgan fingerprint density at radius 3 is 2.32 bits per heavy atom. The highest BCUT2D eigenvalue weighted by Gasteiger charge is 2.34. The summed E-state index contributed by atoms with van der Waals surface area (Å²) in [6, 6.07) is 18.6. The Hall–Kier alpha value is -3.42. The van der Waals surface area contributed by atoms with E-state index in [1.165, 1.54) is 12.0 Å². The van der Waals surface area contributed by atoms with Gasteiger partial charge in [-0.05, 0) is 30.4 Å². The van der Waals surface area contributed by atoms with Crippen LogP contribution in [-0.2, 0) is 10.3 Å². The molecule has 1 aliphatic heterocycles. The van der Waals surface area contributed by atoms with Gasteiger partial charge in [0.2, 0.25) is 17.5 Å². The van der Waals surface area contributed by atoms with Gasteiger partial charge in [-0.3, -0.25) is 0 Å². The average Bonchev–Trinajstić information content (AvgIpc) is 3.27. The molecule has 0 unspecified atom stereocenters. The third kappa shape index (κ3) is 3.52. The number of nitrogens with zero attached hydrogens (tertiary/aromatic N) is 3. The molecule has 4 aromatic rings. The van der Waals surface area contributed by atoms with Gasteiger partial charge >= 0.3 is 0 Å². The Morgan fingerprint density at radius 1 is 0.941 bits per heavy atom. The van der Waals surface area contributed by atoms with Crippen LogP contribution in [0, 0.1) is 0 Å². The number of morpholine rings is 1. The molecule has 0 radical (unpaired) electrons. The van der Waals surface area contributed by atoms with Crippen LogP contribution in [0.1, 0.15) is 24.8 Å². The van der Waals surface area contributed by atoms with Crippen LogP contribution in [0.3, 0.4) is 0 Å². The van der Waals surface area contributed by atoms with E-state index >= 15 is 0 Å². The predicted molar refractivity (Wildman–Crippen MR) is 132 cm³/mol. The van der Waals surface area contributed by atoms with Gasteiger partial charge in [0.15, 0.2) is 0 Å². The highest BCUT2D eigenvalue weighted by atomic mass is 16.5. The van der Waals surface area contributed by atoms with E-state index in [1.807, 2.05) is 18.2 Å². The van der Waals surface area contributed by atoms with Crippen molar-refractivity contribution < 1.29 is 13.9 Å². The first-order valence-corrected chi connectivity index (χ1v) is 11.8. The summed E-state index contributed by atoms with van der Waals surface area (Å²) in [6.07, 6.45) is 3.25. The van der Waals surface area contributed by atoms with Gasteiger partial charge in [0, 0.05) is 29.8 Å². The Kier molecular flexibility index (Phi) is 5.23. The van der Waals surface area contributed by atoms with Crippen LogP contribution in [0.2, 0.25) is 0 Å². The SMILES string of the molecule is COc1nc(N2CCOCC2)nc2oc(-c3ccc(C4(N)CCC4)cc3)c(-c3ccccc3)c12. The first-order valence-electron chi connectivity index (χ1n) is 11.8. The monoisotopic (exact) mass is 456 g/mol. The third-order valence-electron chi connectivity index (χ3n) is 7.02. The van der Waals surface area contributed by atoms with E-state index in [0.717, 1.165) is 53.8 Å². The molecule has 3 heterocycles. The van der Waals surface area contributed by atoms with Gasteiger partial charge < -0.3 is 24.5 Å². The van der Waals surface area contributed by atoms with Gasteiger partial charge in [-0.1, -0.05) is 54.6 Å². The fraction of sp³-hybridized carbons (Fsp3) is 0.333. The number of nitrogens with two attached hydrogens (primary N) is 1. The molecule has 34 heavy (non-hydrogen) atoms. The van der Waals surface area contributed by atoms with Gasteiger partial charge in [-0.25, -0.2) is 0 Å². The Bertz CT molecular complexity index is 1310. The van der Waals surface area contributed by atoms with Crippen LogP contribution in [0.15, 0.2) is 59.0 Å². The van der Waals surface area contributed by atoms with Crippen molar-refractivity contribution in [2.75, 3.05) is 38.3 Å². The van der Waals surface area contributed by atoms with E-state index in [1.54, 1.807) is 7.11 Å². The maximum absolute atomic E-state index is 6.55. The Balaban J connectivity index is 1.53. The lowest BCUT2D eigenvalue weighted by Crippen LogP contribution is -2.43. The molecular formula is C27H28N4O3. The summed E-state index contributed by atoms with van der Waals surface area (Å²) < 4.78 is 17.7. The minimum absolute atomic E-state index is 0.198. The molecule has 1 saturated carbocycles. The number of furan rings is 1. The van der Waals surface area contributed by atoms with Gasteiger partial charge in [0.1, 0.15) is 11.1 Å². The molecule has 0 bridgehead atoms. The summed E-state index contributed by atoms with van der Waals surface area (Å²) in [6.45, 7) is 2.76. The molecule has 174 valence electrons. The zero-order valence-corrected chi connectivity index (χ0v) is 19.3. The lowest BCUT2D eigenvalue weighted by atomic mass is 9.72. The van der Waals surface area contributed by atoms with Crippen LogP contribution in [0.5, 0.6) is 5.88 Å². The number of fused-ring (bicyclic) bond motifs is 1. The molecule has 7 heteroatoms. The molecule has 0 amide bonds. The zero-order chi connectivity index (χ0) is 23.1. The lowest BCUT2D eigenvalue weighted by molar-refractivity contribution is 0.122. The van der Waals surface area contributed by atoms with Crippen molar-refractivity contribution in [3.05, 3.63) is 60.2 Å². The number of anilines is 1. The van der Waals surface area contributed by atoms with Gasteiger partial charge in [0.25, 0.3) is 0 Å². The number of rotatable bonds is 5. The number of methoxy groups -OCH3 is 1. The molecule has 2 fully saturated rings. The van der Waals surface area contributed by atoms with Crippen LogP contribution >= 0.6 is 0 Å². The van der Waals surface area contributed by atoms with Crippen molar-refractivity contribution in [1.29, 1.82) is 0 Å². The molecule has 1 aliphatic carbocycles. The quantitative estimate of drug-likeness (QED) is 0.464. The number of ether oxygens (including phenoxy) is 2. The minimum atomic E-state index is -0.198. The van der Waals surface area contributed by atoms with Crippen LogP contribution in [-0.4, -0.2) is 43.4 Å². The summed E-state index contributed by atoms with van der Waals surface area (Å²) in [5.41, 5.74) is 11.0. The lowest BCUT2D eigenvalue weighted by Gasteiger charge is -2.38. The normalized spacial score (nSPS) is 17.5. The fourth-order valence-corrected chi connectivity index (χ4v) is 4.89. The number of hydrogen-bond donors (Lipinski definition) is 1. The van der Waals surface area contributed by atoms with Gasteiger partial charge in [0.05, 0.1) is 20.3 Å². The van der Waals surface area contributed by atoms with E-state index in [2.05, 4.69) is 41.3 Å². The van der Waals surface area contributed by atoms with E-state index in [0.29, 0.717) is 30.8 Å². The van der Waals surface area contributed by atoms with Crippen LogP contribution in [0.4, 0.5) is 5.95 Å². The molecule has 2 aromatic heterocycles. The summed E-state index contributed by atoms with van der Waals surface area (Å²) in [5, 5.41) is 0.777. The maximum Gasteiger partial charge on any atom is 0.236 e. The van der Waals surface area contributed by atoms with Crippen molar-refractivity contribution in [2.24, 2.45) is 5.73 Å². The summed E-state index contributed by atoms with van der Waals surface area (Å²) in [5.74, 6) is 1.85. The molecule has 0 spiro atoms. The second-order valence-corrected chi connectivity index (χ2v) is 9.07. The topological polar surface area (TPSA) is 86.6 Å². The van der Waals surface area contributed by atoms with Crippen molar-refractivity contribution in [2.45, 2.75) is 24.8 Å². The minimum Gasteiger partial charge on any atom is -0.480 e. The number of benzene rings is 2. The highest BCUT2D eigenvalue weighted by molar-refractivity contribution is 6.03. The van der Waals surface area contributed by atoms with Crippen LogP contribution < -0.4 is 15.4 Å². The number of hydrogen-bond acceptors (Lipinski definition) is 7. The largest absolute Gasteiger partial charge is 0.480 e. The molecule has 0 atom stereocenters. The molecule has 2 N–H and O–H groups in total. The second kappa shape index (κ2) is 8.42. The molecule has 2 aromatic carbocycles. The first kappa shape index (κ1) is 21.1. The predicted octanol–water partition coefficient (Wildman–Crippen LogP) is 4.74. The third-order valence-corrected chi connectivity index (χ3v) is 7.02. The molecule has 1 saturated heterocycles. The summed E-state index contributed by atoms with van der Waals surface area (Å²) in [7, 11) is 1.64. The van der Waals surface area contributed by atoms with Crippen molar-refractivity contribution >= 4 is 17.0 Å². The van der Waals surface area contributed by atoms with E-state index in [-0.39, 0.29) is 5.54 Å². The van der Waals surface area contributed by atoms with Crippen LogP contribution in [0.25, 0.3) is 33.6 Å². The molecule has 6 rings (SSSR count). The molecule has 2 aliphatic rings. The van der Waals surface area contributed by atoms with E-state index < -0.39 is 0 Å². The smallest absolute Gasteiger partial charge is 0.236 e. The average molecular weight is 457 g/mol. The number of aromatic nitrogens is 2. The second-order valence-electron chi connectivity index (χ2n) is 9.07. The summed E-state index contributed by atoms with van der Waals surface area (Å²) in [4.78, 5) is 11.7. The van der Waals surface area contributed by atoms with E-state index in [4.69, 9.17) is 29.6 Å². The van der Waals surface area contributed by atoms with Gasteiger partial charge in [-0.15, -0.1) is 0 Å². The fourth-order valence-electron chi connectivity index (χ4n) is 4.89. The Morgan fingerprint density at radius 2 is 1.68 bits per heavy atom. The molecular weight excluding hydrogens is 428 g/mol. The van der Waals surface area contributed by atoms with Crippen molar-refractivity contribution in [1.82, 2.24) is 9.97 Å². The standard InChI is InChI=1S/C27H28N4O3/c1-32-24-22-21(18-6-3-2-4-7-18)23(19-8-10-20(11-9-19)27(28)12-5-13-27)34-25(22)30-26(29-24)31-14-16-33-17-15-31/h2-4,6-11H,5,12-17,28H2,1H3. The van der Waals surface area contributed by atoms with Gasteiger partial charge in [-0.2, -0.15) is 9.97 Å². The first-order chi connectivity index (χ1) is 16.7. The summed E-state index contributed by atoms with van der Waals surface area (Å²) >= 11 is 0. The Labute approximate surface area is 198 Å². The van der Waals surface area contributed by atoms with E-state index in [9.17, 15) is 0 Å². The maximum atomic E-state index is 6.55.